The highest BCUT2D eigenvalue weighted by atomic mass is 32.2. The molecule has 1 spiro atoms. The molecule has 2 unspecified atom stereocenters. The first-order chi connectivity index (χ1) is 8.50. The fraction of sp³-hybridized carbons (Fsp3) is 0.846. The van der Waals surface area contributed by atoms with Crippen molar-refractivity contribution in [3.05, 3.63) is 0 Å². The van der Waals surface area contributed by atoms with E-state index in [1.165, 1.54) is 0 Å². The molecule has 2 atom stereocenters. The Morgan fingerprint density at radius 2 is 2.06 bits per heavy atom. The molecule has 1 heterocycles. The van der Waals surface area contributed by atoms with Crippen molar-refractivity contribution in [2.75, 3.05) is 25.1 Å². The van der Waals surface area contributed by atoms with Crippen LogP contribution >= 0.6 is 11.8 Å². The van der Waals surface area contributed by atoms with Gasteiger partial charge in [0.25, 0.3) is 0 Å². The fourth-order valence-electron chi connectivity index (χ4n) is 3.05. The standard InChI is InChI=1S/C13H21NO3S/c1-9(8-18-2)11(15)14-5-3-13(4-6-14)7-10(13)12(16)17/h9-10H,3-8H2,1-2H3,(H,16,17). The lowest BCUT2D eigenvalue weighted by atomic mass is 9.90. The number of rotatable bonds is 4. The van der Waals surface area contributed by atoms with Crippen LogP contribution in [0, 0.1) is 17.3 Å². The molecule has 0 aromatic carbocycles. The molecule has 0 radical (unpaired) electrons. The second-order valence-corrected chi connectivity index (χ2v) is 6.55. The van der Waals surface area contributed by atoms with E-state index in [9.17, 15) is 9.59 Å². The minimum Gasteiger partial charge on any atom is -0.481 e. The summed E-state index contributed by atoms with van der Waals surface area (Å²) in [6, 6.07) is 0. The van der Waals surface area contributed by atoms with Crippen LogP contribution in [-0.4, -0.2) is 47.0 Å². The first-order valence-corrected chi connectivity index (χ1v) is 7.90. The quantitative estimate of drug-likeness (QED) is 0.845. The van der Waals surface area contributed by atoms with Gasteiger partial charge in [0.1, 0.15) is 0 Å². The van der Waals surface area contributed by atoms with Crippen molar-refractivity contribution in [2.24, 2.45) is 17.3 Å². The van der Waals surface area contributed by atoms with Crippen LogP contribution in [0.15, 0.2) is 0 Å². The number of amides is 1. The van der Waals surface area contributed by atoms with E-state index in [0.717, 1.165) is 38.1 Å². The van der Waals surface area contributed by atoms with E-state index in [2.05, 4.69) is 0 Å². The number of likely N-dealkylation sites (tertiary alicyclic amines) is 1. The molecule has 2 rings (SSSR count). The Balaban J connectivity index is 1.84. The summed E-state index contributed by atoms with van der Waals surface area (Å²) in [7, 11) is 0. The normalized spacial score (nSPS) is 27.0. The summed E-state index contributed by atoms with van der Waals surface area (Å²) in [6.07, 6.45) is 4.55. The lowest BCUT2D eigenvalue weighted by molar-refractivity contribution is -0.140. The van der Waals surface area contributed by atoms with E-state index in [0.29, 0.717) is 0 Å². The minimum atomic E-state index is -0.662. The van der Waals surface area contributed by atoms with Gasteiger partial charge in [-0.15, -0.1) is 0 Å². The molecule has 1 aliphatic carbocycles. The third kappa shape index (κ3) is 2.51. The average Bonchev–Trinajstić information content (AvgIpc) is 3.04. The first-order valence-electron chi connectivity index (χ1n) is 6.51. The van der Waals surface area contributed by atoms with Crippen LogP contribution in [0.2, 0.25) is 0 Å². The fourth-order valence-corrected chi connectivity index (χ4v) is 3.70. The summed E-state index contributed by atoms with van der Waals surface area (Å²) < 4.78 is 0. The number of carboxylic acids is 1. The average molecular weight is 271 g/mol. The van der Waals surface area contributed by atoms with Crippen LogP contribution < -0.4 is 0 Å². The lowest BCUT2D eigenvalue weighted by Gasteiger charge is -2.34. The molecule has 1 N–H and O–H groups in total. The summed E-state index contributed by atoms with van der Waals surface area (Å²) in [6.45, 7) is 3.45. The summed E-state index contributed by atoms with van der Waals surface area (Å²) in [5.41, 5.74) is 0.0192. The van der Waals surface area contributed by atoms with Gasteiger partial charge < -0.3 is 10.0 Å². The number of carboxylic acid groups (broad SMARTS) is 1. The Hall–Kier alpha value is -0.710. The van der Waals surface area contributed by atoms with Gasteiger partial charge in [0.05, 0.1) is 5.92 Å². The molecule has 0 aromatic rings. The van der Waals surface area contributed by atoms with Crippen molar-refractivity contribution < 1.29 is 14.7 Å². The highest BCUT2D eigenvalue weighted by molar-refractivity contribution is 7.98. The Kier molecular flexibility index (Phi) is 3.90. The molecule has 5 heteroatoms. The van der Waals surface area contributed by atoms with E-state index >= 15 is 0 Å². The van der Waals surface area contributed by atoms with Gasteiger partial charge in [-0.1, -0.05) is 6.92 Å². The molecule has 18 heavy (non-hydrogen) atoms. The molecule has 0 bridgehead atoms. The Labute approximate surface area is 112 Å². The predicted molar refractivity (Wildman–Crippen MR) is 71.5 cm³/mol. The minimum absolute atomic E-state index is 0.0192. The molecule has 102 valence electrons. The number of carbonyl (C=O) groups excluding carboxylic acids is 1. The number of thioether (sulfide) groups is 1. The van der Waals surface area contributed by atoms with Crippen molar-refractivity contribution in [3.63, 3.8) is 0 Å². The zero-order chi connectivity index (χ0) is 13.3. The van der Waals surface area contributed by atoms with E-state index in [1.807, 2.05) is 18.1 Å². The van der Waals surface area contributed by atoms with E-state index < -0.39 is 5.97 Å². The maximum Gasteiger partial charge on any atom is 0.307 e. The van der Waals surface area contributed by atoms with Gasteiger partial charge in [-0.2, -0.15) is 11.8 Å². The second kappa shape index (κ2) is 5.11. The molecular weight excluding hydrogens is 250 g/mol. The van der Waals surface area contributed by atoms with Crippen molar-refractivity contribution in [1.82, 2.24) is 4.90 Å². The molecule has 2 aliphatic rings. The highest BCUT2D eigenvalue weighted by Gasteiger charge is 2.59. The zero-order valence-corrected chi connectivity index (χ0v) is 11.8. The maximum atomic E-state index is 12.1. The molecule has 1 aliphatic heterocycles. The summed E-state index contributed by atoms with van der Waals surface area (Å²) >= 11 is 1.69. The Bertz CT molecular complexity index is 350. The molecule has 4 nitrogen and oxygen atoms in total. The van der Waals surface area contributed by atoms with Crippen molar-refractivity contribution in [1.29, 1.82) is 0 Å². The number of nitrogens with zero attached hydrogens (tertiary/aromatic N) is 1. The Morgan fingerprint density at radius 3 is 2.50 bits per heavy atom. The van der Waals surface area contributed by atoms with E-state index in [-0.39, 0.29) is 23.2 Å². The van der Waals surface area contributed by atoms with Crippen LogP contribution in [0.1, 0.15) is 26.2 Å². The molecule has 0 aromatic heterocycles. The van der Waals surface area contributed by atoms with Crippen LogP contribution in [0.3, 0.4) is 0 Å². The molecular formula is C13H21NO3S. The lowest BCUT2D eigenvalue weighted by Crippen LogP contribution is -2.42. The van der Waals surface area contributed by atoms with Gasteiger partial charge in [0, 0.05) is 24.8 Å². The number of hydrogen-bond donors (Lipinski definition) is 1. The van der Waals surface area contributed by atoms with Gasteiger partial charge in [-0.05, 0) is 30.9 Å². The third-order valence-electron chi connectivity index (χ3n) is 4.40. The number of carbonyl (C=O) groups is 2. The number of piperidine rings is 1. The van der Waals surface area contributed by atoms with Gasteiger partial charge in [0.2, 0.25) is 5.91 Å². The SMILES string of the molecule is CSCC(C)C(=O)N1CCC2(CC1)CC2C(=O)O. The summed E-state index contributed by atoms with van der Waals surface area (Å²) in [5, 5.41) is 9.02. The third-order valence-corrected chi connectivity index (χ3v) is 5.23. The molecule has 1 saturated carbocycles. The molecule has 1 saturated heterocycles. The first kappa shape index (κ1) is 13.7. The van der Waals surface area contributed by atoms with Gasteiger partial charge in [-0.3, -0.25) is 9.59 Å². The van der Waals surface area contributed by atoms with Crippen LogP contribution in [-0.2, 0) is 9.59 Å². The summed E-state index contributed by atoms with van der Waals surface area (Å²) in [5.74, 6) is 0.345. The number of hydrogen-bond acceptors (Lipinski definition) is 3. The second-order valence-electron chi connectivity index (χ2n) is 5.64. The smallest absolute Gasteiger partial charge is 0.307 e. The molecule has 1 amide bonds. The van der Waals surface area contributed by atoms with Gasteiger partial charge >= 0.3 is 5.97 Å². The van der Waals surface area contributed by atoms with Gasteiger partial charge in [0.15, 0.2) is 0 Å². The zero-order valence-electron chi connectivity index (χ0n) is 11.0. The van der Waals surface area contributed by atoms with E-state index in [4.69, 9.17) is 5.11 Å². The largest absolute Gasteiger partial charge is 0.481 e. The topological polar surface area (TPSA) is 57.6 Å². The van der Waals surface area contributed by atoms with Gasteiger partial charge in [-0.25, -0.2) is 0 Å². The van der Waals surface area contributed by atoms with Crippen molar-refractivity contribution in [2.45, 2.75) is 26.2 Å². The van der Waals surface area contributed by atoms with Crippen molar-refractivity contribution >= 4 is 23.6 Å². The van der Waals surface area contributed by atoms with Crippen LogP contribution in [0.25, 0.3) is 0 Å². The maximum absolute atomic E-state index is 12.1. The monoisotopic (exact) mass is 271 g/mol. The van der Waals surface area contributed by atoms with E-state index in [1.54, 1.807) is 11.8 Å². The van der Waals surface area contributed by atoms with Crippen LogP contribution in [0.5, 0.6) is 0 Å². The Morgan fingerprint density at radius 1 is 1.44 bits per heavy atom. The highest BCUT2D eigenvalue weighted by Crippen LogP contribution is 2.59. The van der Waals surface area contributed by atoms with Crippen LogP contribution in [0.4, 0.5) is 0 Å². The van der Waals surface area contributed by atoms with Crippen molar-refractivity contribution in [3.8, 4) is 0 Å². The summed E-state index contributed by atoms with van der Waals surface area (Å²) in [4.78, 5) is 25.0. The molecule has 2 fully saturated rings. The predicted octanol–water partition coefficient (Wildman–Crippen LogP) is 1.70. The number of aliphatic carboxylic acids is 1.